The highest BCUT2D eigenvalue weighted by atomic mass is 35.5. The largest absolute Gasteiger partial charge is 0.494 e. The van der Waals surface area contributed by atoms with Gasteiger partial charge in [-0.2, -0.15) is 5.26 Å². The summed E-state index contributed by atoms with van der Waals surface area (Å²) in [6.07, 6.45) is 0. The summed E-state index contributed by atoms with van der Waals surface area (Å²) in [5, 5.41) is 9.50. The minimum absolute atomic E-state index is 0.555. The Balaban J connectivity index is 2.45. The maximum absolute atomic E-state index is 8.94. The minimum Gasteiger partial charge on any atom is -0.494 e. The first-order valence-electron chi connectivity index (χ1n) is 5.67. The van der Waals surface area contributed by atoms with E-state index < -0.39 is 0 Å². The van der Waals surface area contributed by atoms with Crippen molar-refractivity contribution < 1.29 is 4.74 Å². The molecule has 0 heterocycles. The molecule has 3 heteroatoms. The summed E-state index contributed by atoms with van der Waals surface area (Å²) in [5.41, 5.74) is 2.46. The molecule has 0 saturated heterocycles. The van der Waals surface area contributed by atoms with E-state index in [4.69, 9.17) is 21.6 Å². The molecule has 2 aromatic carbocycles. The van der Waals surface area contributed by atoms with E-state index in [0.29, 0.717) is 17.2 Å². The van der Waals surface area contributed by atoms with Crippen molar-refractivity contribution in [3.63, 3.8) is 0 Å². The van der Waals surface area contributed by atoms with Crippen LogP contribution in [0.3, 0.4) is 0 Å². The molecule has 0 aromatic heterocycles. The molecule has 0 unspecified atom stereocenters. The van der Waals surface area contributed by atoms with Crippen molar-refractivity contribution in [1.29, 1.82) is 5.26 Å². The summed E-state index contributed by atoms with van der Waals surface area (Å²) in [6, 6.07) is 15.1. The molecule has 0 N–H and O–H groups in total. The first-order valence-corrected chi connectivity index (χ1v) is 6.04. The molecule has 90 valence electrons. The normalized spacial score (nSPS) is 9.83. The summed E-state index contributed by atoms with van der Waals surface area (Å²) >= 11 is 6.00. The second-order valence-electron chi connectivity index (χ2n) is 3.80. The SMILES string of the molecule is CCOc1cccc(-c2cc(Cl)cc(C#N)c2)c1. The molecule has 0 atom stereocenters. The molecule has 2 rings (SSSR count). The molecule has 0 radical (unpaired) electrons. The predicted molar refractivity (Wildman–Crippen MR) is 72.8 cm³/mol. The van der Waals surface area contributed by atoms with E-state index in [1.54, 1.807) is 6.07 Å². The van der Waals surface area contributed by atoms with Crippen LogP contribution in [0.2, 0.25) is 5.02 Å². The van der Waals surface area contributed by atoms with Crippen LogP contribution >= 0.6 is 11.6 Å². The van der Waals surface area contributed by atoms with Crippen LogP contribution in [0.15, 0.2) is 42.5 Å². The monoisotopic (exact) mass is 257 g/mol. The summed E-state index contributed by atoms with van der Waals surface area (Å²) in [6.45, 7) is 2.57. The number of benzene rings is 2. The topological polar surface area (TPSA) is 33.0 Å². The summed E-state index contributed by atoms with van der Waals surface area (Å²) in [7, 11) is 0. The Hall–Kier alpha value is -1.98. The number of rotatable bonds is 3. The van der Waals surface area contributed by atoms with Crippen LogP contribution in [-0.4, -0.2) is 6.61 Å². The van der Waals surface area contributed by atoms with Crippen LogP contribution in [0.4, 0.5) is 0 Å². The van der Waals surface area contributed by atoms with Gasteiger partial charge in [-0.25, -0.2) is 0 Å². The average molecular weight is 258 g/mol. The third-order valence-electron chi connectivity index (χ3n) is 2.51. The Labute approximate surface area is 111 Å². The van der Waals surface area contributed by atoms with Crippen LogP contribution in [0.1, 0.15) is 12.5 Å². The zero-order chi connectivity index (χ0) is 13.0. The third kappa shape index (κ3) is 2.82. The molecule has 0 aliphatic heterocycles. The Bertz CT molecular complexity index is 602. The predicted octanol–water partition coefficient (Wildman–Crippen LogP) is 4.28. The molecule has 0 aliphatic carbocycles. The van der Waals surface area contributed by atoms with Gasteiger partial charge in [-0.3, -0.25) is 0 Å². The Morgan fingerprint density at radius 1 is 1.17 bits per heavy atom. The van der Waals surface area contributed by atoms with Crippen LogP contribution in [0, 0.1) is 11.3 Å². The highest BCUT2D eigenvalue weighted by Crippen LogP contribution is 2.27. The molecule has 0 saturated carbocycles. The van der Waals surface area contributed by atoms with E-state index in [1.165, 1.54) is 0 Å². The Morgan fingerprint density at radius 2 is 2.00 bits per heavy atom. The number of ether oxygens (including phenoxy) is 1. The lowest BCUT2D eigenvalue weighted by molar-refractivity contribution is 0.340. The van der Waals surface area contributed by atoms with Gasteiger partial charge >= 0.3 is 0 Å². The van der Waals surface area contributed by atoms with E-state index in [1.807, 2.05) is 43.3 Å². The van der Waals surface area contributed by atoms with Crippen molar-refractivity contribution in [3.05, 3.63) is 53.1 Å². The standard InChI is InChI=1S/C15H12ClNO/c1-2-18-15-5-3-4-12(9-15)13-6-11(10-17)7-14(16)8-13/h3-9H,2H2,1H3. The maximum atomic E-state index is 8.94. The van der Waals surface area contributed by atoms with Crippen molar-refractivity contribution in [2.24, 2.45) is 0 Å². The third-order valence-corrected chi connectivity index (χ3v) is 2.72. The van der Waals surface area contributed by atoms with Gasteiger partial charge in [0.05, 0.1) is 18.2 Å². The second-order valence-corrected chi connectivity index (χ2v) is 4.24. The smallest absolute Gasteiger partial charge is 0.119 e. The first-order chi connectivity index (χ1) is 8.72. The number of hydrogen-bond donors (Lipinski definition) is 0. The van der Waals surface area contributed by atoms with Gasteiger partial charge in [0.25, 0.3) is 0 Å². The van der Waals surface area contributed by atoms with Crippen molar-refractivity contribution in [3.8, 4) is 22.9 Å². The highest BCUT2D eigenvalue weighted by Gasteiger charge is 2.03. The lowest BCUT2D eigenvalue weighted by Gasteiger charge is -2.07. The lowest BCUT2D eigenvalue weighted by Crippen LogP contribution is -1.91. The molecule has 2 nitrogen and oxygen atoms in total. The molecule has 0 aliphatic rings. The highest BCUT2D eigenvalue weighted by molar-refractivity contribution is 6.31. The molecule has 0 spiro atoms. The Morgan fingerprint density at radius 3 is 2.72 bits per heavy atom. The van der Waals surface area contributed by atoms with Crippen LogP contribution in [0.25, 0.3) is 11.1 Å². The van der Waals surface area contributed by atoms with E-state index in [2.05, 4.69) is 6.07 Å². The number of hydrogen-bond acceptors (Lipinski definition) is 2. The Kier molecular flexibility index (Phi) is 3.86. The minimum atomic E-state index is 0.555. The van der Waals surface area contributed by atoms with Gasteiger partial charge < -0.3 is 4.74 Å². The number of nitrogens with zero attached hydrogens (tertiary/aromatic N) is 1. The molecule has 18 heavy (non-hydrogen) atoms. The zero-order valence-electron chi connectivity index (χ0n) is 9.98. The van der Waals surface area contributed by atoms with E-state index >= 15 is 0 Å². The zero-order valence-corrected chi connectivity index (χ0v) is 10.7. The fourth-order valence-electron chi connectivity index (χ4n) is 1.75. The van der Waals surface area contributed by atoms with Gasteiger partial charge in [-0.1, -0.05) is 23.7 Å². The number of nitriles is 1. The van der Waals surface area contributed by atoms with Gasteiger partial charge in [0.1, 0.15) is 5.75 Å². The quantitative estimate of drug-likeness (QED) is 0.822. The molecule has 2 aromatic rings. The number of halogens is 1. The summed E-state index contributed by atoms with van der Waals surface area (Å²) in [5.74, 6) is 0.813. The van der Waals surface area contributed by atoms with Crippen LogP contribution in [0.5, 0.6) is 5.75 Å². The fourth-order valence-corrected chi connectivity index (χ4v) is 1.99. The van der Waals surface area contributed by atoms with Crippen molar-refractivity contribution in [1.82, 2.24) is 0 Å². The molecule has 0 bridgehead atoms. The molecular formula is C15H12ClNO. The average Bonchev–Trinajstić information content (AvgIpc) is 2.39. The lowest BCUT2D eigenvalue weighted by atomic mass is 10.0. The van der Waals surface area contributed by atoms with Crippen LogP contribution in [-0.2, 0) is 0 Å². The molecule has 0 fully saturated rings. The van der Waals surface area contributed by atoms with E-state index in [-0.39, 0.29) is 0 Å². The maximum Gasteiger partial charge on any atom is 0.119 e. The summed E-state index contributed by atoms with van der Waals surface area (Å²) < 4.78 is 5.46. The van der Waals surface area contributed by atoms with Gasteiger partial charge in [0.15, 0.2) is 0 Å². The van der Waals surface area contributed by atoms with Gasteiger partial charge in [0.2, 0.25) is 0 Å². The van der Waals surface area contributed by atoms with E-state index in [0.717, 1.165) is 16.9 Å². The summed E-state index contributed by atoms with van der Waals surface area (Å²) in [4.78, 5) is 0. The first kappa shape index (κ1) is 12.5. The fraction of sp³-hybridized carbons (Fsp3) is 0.133. The molecular weight excluding hydrogens is 246 g/mol. The van der Waals surface area contributed by atoms with Crippen molar-refractivity contribution in [2.45, 2.75) is 6.92 Å². The van der Waals surface area contributed by atoms with Crippen molar-refractivity contribution >= 4 is 11.6 Å². The second kappa shape index (κ2) is 5.57. The van der Waals surface area contributed by atoms with Gasteiger partial charge in [-0.05, 0) is 48.4 Å². The van der Waals surface area contributed by atoms with Crippen molar-refractivity contribution in [2.75, 3.05) is 6.61 Å². The molecule has 0 amide bonds. The van der Waals surface area contributed by atoms with E-state index in [9.17, 15) is 0 Å². The van der Waals surface area contributed by atoms with Gasteiger partial charge in [0, 0.05) is 5.02 Å². The van der Waals surface area contributed by atoms with Crippen LogP contribution < -0.4 is 4.74 Å². The van der Waals surface area contributed by atoms with Gasteiger partial charge in [-0.15, -0.1) is 0 Å².